The van der Waals surface area contributed by atoms with Crippen LogP contribution in [0.5, 0.6) is 0 Å². The Morgan fingerprint density at radius 2 is 1.36 bits per heavy atom. The van der Waals surface area contributed by atoms with E-state index in [1.165, 1.54) is 17.0 Å². The Labute approximate surface area is 253 Å². The van der Waals surface area contributed by atoms with E-state index in [1.54, 1.807) is 32.9 Å². The molecule has 3 aliphatic rings. The van der Waals surface area contributed by atoms with E-state index in [1.807, 2.05) is 48.5 Å². The third-order valence-corrected chi connectivity index (χ3v) is 7.93. The van der Waals surface area contributed by atoms with Crippen molar-refractivity contribution < 1.29 is 38.3 Å². The molecular formula is C33H31N3O8. The van der Waals surface area contributed by atoms with Crippen LogP contribution < -0.4 is 5.32 Å². The summed E-state index contributed by atoms with van der Waals surface area (Å²) in [5.41, 5.74) is 1.69. The van der Waals surface area contributed by atoms with Gasteiger partial charge in [-0.3, -0.25) is 9.59 Å². The lowest BCUT2D eigenvalue weighted by Crippen LogP contribution is -2.59. The number of nitrogens with zero attached hydrogens (tertiary/aromatic N) is 2. The van der Waals surface area contributed by atoms with Gasteiger partial charge in [0, 0.05) is 18.9 Å². The Balaban J connectivity index is 1.21. The maximum absolute atomic E-state index is 13.7. The van der Waals surface area contributed by atoms with E-state index in [9.17, 15) is 24.0 Å². The largest absolute Gasteiger partial charge is 0.449 e. The molecule has 11 nitrogen and oxygen atoms in total. The van der Waals surface area contributed by atoms with E-state index in [-0.39, 0.29) is 43.2 Å². The number of alkyl carbamates (subject to hydrolysis) is 1. The fourth-order valence-corrected chi connectivity index (χ4v) is 5.86. The van der Waals surface area contributed by atoms with Gasteiger partial charge in [-0.05, 0) is 55.2 Å². The summed E-state index contributed by atoms with van der Waals surface area (Å²) >= 11 is 0. The molecular weight excluding hydrogens is 566 g/mol. The maximum Gasteiger partial charge on any atom is 0.410 e. The van der Waals surface area contributed by atoms with E-state index < -0.39 is 41.1 Å². The minimum Gasteiger partial charge on any atom is -0.449 e. The molecule has 3 aromatic rings. The zero-order valence-electron chi connectivity index (χ0n) is 24.5. The molecule has 4 amide bonds. The second kappa shape index (κ2) is 10.8. The summed E-state index contributed by atoms with van der Waals surface area (Å²) < 4.78 is 11.1. The number of carbonyl (C=O) groups excluding carboxylic acids is 5. The minimum absolute atomic E-state index is 0.0147. The molecule has 1 atom stereocenters. The first kappa shape index (κ1) is 28.9. The van der Waals surface area contributed by atoms with E-state index in [0.29, 0.717) is 5.06 Å². The monoisotopic (exact) mass is 597 g/mol. The molecule has 0 radical (unpaired) electrons. The van der Waals surface area contributed by atoms with Crippen LogP contribution in [0.15, 0.2) is 72.8 Å². The highest BCUT2D eigenvalue weighted by molar-refractivity contribution is 6.21. The van der Waals surface area contributed by atoms with Gasteiger partial charge in [0.05, 0.1) is 17.7 Å². The molecule has 1 saturated heterocycles. The number of ether oxygens (including phenoxy) is 2. The molecule has 0 aromatic heterocycles. The molecule has 1 unspecified atom stereocenters. The van der Waals surface area contributed by atoms with Gasteiger partial charge in [-0.2, -0.15) is 0 Å². The molecule has 1 N–H and O–H groups in total. The first-order chi connectivity index (χ1) is 21.0. The van der Waals surface area contributed by atoms with Gasteiger partial charge in [-0.15, -0.1) is 0 Å². The van der Waals surface area contributed by atoms with Crippen LogP contribution in [0.3, 0.4) is 0 Å². The number of carbonyl (C=O) groups is 5. The number of fused-ring (bicyclic) bond motifs is 4. The van der Waals surface area contributed by atoms with Crippen molar-refractivity contribution in [1.82, 2.24) is 15.3 Å². The standard InChI is InChI=1S/C33H31N3O8/c1-32(2,3)43-31(41)35-17-16-33(19-35,29(39)44-36-27(37)24-14-8-9-15-25(24)28(36)38)34-30(40)42-18-26-22-12-6-4-10-20(22)21-11-5-7-13-23(21)26/h4-15,26H,16-19H2,1-3H3,(H,34,40). The molecule has 6 rings (SSSR count). The highest BCUT2D eigenvalue weighted by Gasteiger charge is 2.52. The number of amides is 4. The van der Waals surface area contributed by atoms with Gasteiger partial charge in [0.2, 0.25) is 0 Å². The zero-order valence-corrected chi connectivity index (χ0v) is 24.5. The smallest absolute Gasteiger partial charge is 0.410 e. The predicted octanol–water partition coefficient (Wildman–Crippen LogP) is 4.66. The molecule has 11 heteroatoms. The number of imide groups is 1. The van der Waals surface area contributed by atoms with Gasteiger partial charge in [-0.1, -0.05) is 65.7 Å². The van der Waals surface area contributed by atoms with Crippen LogP contribution in [0.4, 0.5) is 9.59 Å². The van der Waals surface area contributed by atoms with Crippen molar-refractivity contribution in [1.29, 1.82) is 0 Å². The van der Waals surface area contributed by atoms with Gasteiger partial charge >= 0.3 is 18.2 Å². The van der Waals surface area contributed by atoms with Crippen molar-refractivity contribution >= 4 is 30.0 Å². The van der Waals surface area contributed by atoms with Gasteiger partial charge < -0.3 is 24.5 Å². The third-order valence-electron chi connectivity index (χ3n) is 7.93. The highest BCUT2D eigenvalue weighted by atomic mass is 16.7. The number of hydroxylamine groups is 2. The van der Waals surface area contributed by atoms with Crippen molar-refractivity contribution in [3.8, 4) is 11.1 Å². The summed E-state index contributed by atoms with van der Waals surface area (Å²) in [4.78, 5) is 72.3. The van der Waals surface area contributed by atoms with Crippen LogP contribution in [-0.4, -0.2) is 70.8 Å². The molecule has 226 valence electrons. The molecule has 0 saturated carbocycles. The van der Waals surface area contributed by atoms with E-state index in [0.717, 1.165) is 22.3 Å². The molecule has 44 heavy (non-hydrogen) atoms. The van der Waals surface area contributed by atoms with Crippen molar-refractivity contribution in [3.05, 3.63) is 95.1 Å². The zero-order chi connectivity index (χ0) is 31.2. The summed E-state index contributed by atoms with van der Waals surface area (Å²) in [6.45, 7) is 4.82. The minimum atomic E-state index is -1.82. The Kier molecular flexibility index (Phi) is 7.11. The predicted molar refractivity (Wildman–Crippen MR) is 156 cm³/mol. The lowest BCUT2D eigenvalue weighted by molar-refractivity contribution is -0.176. The summed E-state index contributed by atoms with van der Waals surface area (Å²) in [6.07, 6.45) is -1.68. The van der Waals surface area contributed by atoms with Crippen molar-refractivity contribution in [3.63, 3.8) is 0 Å². The quantitative estimate of drug-likeness (QED) is 0.420. The van der Waals surface area contributed by atoms with Gasteiger partial charge in [-0.25, -0.2) is 14.4 Å². The second-order valence-corrected chi connectivity index (χ2v) is 12.0. The number of nitrogens with one attached hydrogen (secondary N) is 1. The molecule has 1 fully saturated rings. The molecule has 1 aliphatic carbocycles. The Bertz CT molecular complexity index is 1620. The van der Waals surface area contributed by atoms with Crippen LogP contribution in [-0.2, 0) is 19.1 Å². The average Bonchev–Trinajstić information content (AvgIpc) is 3.64. The molecule has 0 spiro atoms. The van der Waals surface area contributed by atoms with Gasteiger partial charge in [0.1, 0.15) is 12.2 Å². The van der Waals surface area contributed by atoms with E-state index in [2.05, 4.69) is 5.32 Å². The number of benzene rings is 3. The van der Waals surface area contributed by atoms with Crippen molar-refractivity contribution in [2.24, 2.45) is 0 Å². The first-order valence-corrected chi connectivity index (χ1v) is 14.3. The normalized spacial score (nSPS) is 18.9. The average molecular weight is 598 g/mol. The third kappa shape index (κ3) is 5.14. The number of rotatable bonds is 5. The van der Waals surface area contributed by atoms with Crippen LogP contribution >= 0.6 is 0 Å². The van der Waals surface area contributed by atoms with Gasteiger partial charge in [0.15, 0.2) is 5.54 Å². The summed E-state index contributed by atoms with van der Waals surface area (Å²) in [5, 5.41) is 2.98. The number of hydrogen-bond donors (Lipinski definition) is 1. The fourth-order valence-electron chi connectivity index (χ4n) is 5.86. The summed E-state index contributed by atoms with van der Waals surface area (Å²) in [6, 6.07) is 21.8. The number of hydrogen-bond acceptors (Lipinski definition) is 8. The van der Waals surface area contributed by atoms with Crippen LogP contribution in [0.25, 0.3) is 11.1 Å². The molecule has 0 bridgehead atoms. The summed E-state index contributed by atoms with van der Waals surface area (Å²) in [7, 11) is 0. The Hall–Kier alpha value is -5.19. The Morgan fingerprint density at radius 3 is 1.91 bits per heavy atom. The molecule has 2 aliphatic heterocycles. The second-order valence-electron chi connectivity index (χ2n) is 12.0. The summed E-state index contributed by atoms with van der Waals surface area (Å²) in [5.74, 6) is -2.93. The van der Waals surface area contributed by atoms with E-state index >= 15 is 0 Å². The molecule has 2 heterocycles. The lowest BCUT2D eigenvalue weighted by atomic mass is 9.98. The van der Waals surface area contributed by atoms with Crippen molar-refractivity contribution in [2.75, 3.05) is 19.7 Å². The van der Waals surface area contributed by atoms with E-state index in [4.69, 9.17) is 14.3 Å². The van der Waals surface area contributed by atoms with Crippen LogP contribution in [0.1, 0.15) is 65.0 Å². The topological polar surface area (TPSA) is 132 Å². The van der Waals surface area contributed by atoms with Gasteiger partial charge in [0.25, 0.3) is 11.8 Å². The maximum atomic E-state index is 13.7. The highest BCUT2D eigenvalue weighted by Crippen LogP contribution is 2.44. The first-order valence-electron chi connectivity index (χ1n) is 14.3. The van der Waals surface area contributed by atoms with Crippen LogP contribution in [0.2, 0.25) is 0 Å². The Morgan fingerprint density at radius 1 is 0.841 bits per heavy atom. The van der Waals surface area contributed by atoms with Crippen LogP contribution in [0, 0.1) is 0 Å². The lowest BCUT2D eigenvalue weighted by Gasteiger charge is -2.29. The SMILES string of the molecule is CC(C)(C)OC(=O)N1CCC(NC(=O)OCC2c3ccccc3-c3ccccc32)(C(=O)ON2C(=O)c3ccccc3C2=O)C1. The number of likely N-dealkylation sites (tertiary alicyclic amines) is 1. The molecule has 3 aromatic carbocycles. The fraction of sp³-hybridized carbons (Fsp3) is 0.303. The van der Waals surface area contributed by atoms with Crippen molar-refractivity contribution in [2.45, 2.75) is 44.2 Å².